The van der Waals surface area contributed by atoms with E-state index < -0.39 is 0 Å². The lowest BCUT2D eigenvalue weighted by Gasteiger charge is -2.19. The topological polar surface area (TPSA) is 50.9 Å². The fourth-order valence-corrected chi connectivity index (χ4v) is 2.43. The van der Waals surface area contributed by atoms with Gasteiger partial charge in [0.2, 0.25) is 0 Å². The van der Waals surface area contributed by atoms with Gasteiger partial charge in [0.25, 0.3) is 0 Å². The third kappa shape index (κ3) is 3.21. The molecule has 0 saturated heterocycles. The SMILES string of the molecule is Cc1ccc(C(Cc2ccc(F)cc2C)NN)c(C)n1. The van der Waals surface area contributed by atoms with E-state index in [1.807, 2.05) is 39.0 Å². The first-order valence-corrected chi connectivity index (χ1v) is 6.66. The molecule has 1 unspecified atom stereocenters. The van der Waals surface area contributed by atoms with Crippen LogP contribution in [0.5, 0.6) is 0 Å². The molecule has 0 aliphatic carbocycles. The molecule has 0 fully saturated rings. The van der Waals surface area contributed by atoms with E-state index in [2.05, 4.69) is 10.4 Å². The summed E-state index contributed by atoms with van der Waals surface area (Å²) in [5.41, 5.74) is 7.87. The van der Waals surface area contributed by atoms with Gasteiger partial charge in [-0.15, -0.1) is 0 Å². The summed E-state index contributed by atoms with van der Waals surface area (Å²) in [5, 5.41) is 0. The van der Waals surface area contributed by atoms with Gasteiger partial charge in [-0.1, -0.05) is 12.1 Å². The maximum absolute atomic E-state index is 13.1. The zero-order valence-corrected chi connectivity index (χ0v) is 12.1. The van der Waals surface area contributed by atoms with Crippen LogP contribution in [0.2, 0.25) is 0 Å². The number of pyridine rings is 1. The number of rotatable bonds is 4. The number of nitrogens with zero attached hydrogens (tertiary/aromatic N) is 1. The van der Waals surface area contributed by atoms with Gasteiger partial charge in [0.05, 0.1) is 6.04 Å². The van der Waals surface area contributed by atoms with Gasteiger partial charge < -0.3 is 0 Å². The normalized spacial score (nSPS) is 12.4. The fraction of sp³-hybridized carbons (Fsp3) is 0.312. The minimum atomic E-state index is -0.211. The molecule has 4 heteroatoms. The standard InChI is InChI=1S/C16H20FN3/c1-10-8-14(17)6-5-13(10)9-16(20-18)15-7-4-11(2)19-12(15)3/h4-8,16,20H,9,18H2,1-3H3. The summed E-state index contributed by atoms with van der Waals surface area (Å²) in [6.45, 7) is 5.85. The van der Waals surface area contributed by atoms with E-state index in [1.165, 1.54) is 6.07 Å². The highest BCUT2D eigenvalue weighted by atomic mass is 19.1. The monoisotopic (exact) mass is 273 g/mol. The van der Waals surface area contributed by atoms with Crippen LogP contribution in [0.3, 0.4) is 0 Å². The number of aromatic nitrogens is 1. The van der Waals surface area contributed by atoms with Crippen LogP contribution in [0.4, 0.5) is 4.39 Å². The Labute approximate surface area is 119 Å². The van der Waals surface area contributed by atoms with E-state index >= 15 is 0 Å². The smallest absolute Gasteiger partial charge is 0.123 e. The van der Waals surface area contributed by atoms with E-state index in [0.717, 1.165) is 28.1 Å². The van der Waals surface area contributed by atoms with Gasteiger partial charge in [-0.05, 0) is 62.1 Å². The van der Waals surface area contributed by atoms with Crippen LogP contribution >= 0.6 is 0 Å². The summed E-state index contributed by atoms with van der Waals surface area (Å²) in [6, 6.07) is 8.82. The van der Waals surface area contributed by atoms with Crippen molar-refractivity contribution in [3.8, 4) is 0 Å². The molecule has 1 heterocycles. The van der Waals surface area contributed by atoms with E-state index in [4.69, 9.17) is 5.84 Å². The Bertz CT molecular complexity index is 611. The quantitative estimate of drug-likeness (QED) is 0.665. The van der Waals surface area contributed by atoms with E-state index in [-0.39, 0.29) is 11.9 Å². The van der Waals surface area contributed by atoms with Gasteiger partial charge in [-0.2, -0.15) is 0 Å². The third-order valence-electron chi connectivity index (χ3n) is 3.57. The van der Waals surface area contributed by atoms with Crippen molar-refractivity contribution in [2.24, 2.45) is 5.84 Å². The largest absolute Gasteiger partial charge is 0.271 e. The predicted molar refractivity (Wildman–Crippen MR) is 78.6 cm³/mol. The Hall–Kier alpha value is -1.78. The number of nitrogens with two attached hydrogens (primary N) is 1. The molecule has 106 valence electrons. The number of hydrazine groups is 1. The molecule has 1 aromatic carbocycles. The molecule has 1 atom stereocenters. The second kappa shape index (κ2) is 6.11. The van der Waals surface area contributed by atoms with Crippen molar-refractivity contribution in [3.63, 3.8) is 0 Å². The number of benzene rings is 1. The molecule has 2 aromatic rings. The summed E-state index contributed by atoms with van der Waals surface area (Å²) in [6.07, 6.45) is 0.703. The van der Waals surface area contributed by atoms with Crippen LogP contribution in [0.1, 0.15) is 34.1 Å². The zero-order valence-electron chi connectivity index (χ0n) is 12.1. The minimum Gasteiger partial charge on any atom is -0.271 e. The van der Waals surface area contributed by atoms with Crippen molar-refractivity contribution in [3.05, 3.63) is 64.2 Å². The average Bonchev–Trinajstić information content (AvgIpc) is 2.39. The highest BCUT2D eigenvalue weighted by Gasteiger charge is 2.15. The molecular weight excluding hydrogens is 253 g/mol. The lowest BCUT2D eigenvalue weighted by atomic mass is 9.95. The lowest BCUT2D eigenvalue weighted by molar-refractivity contribution is 0.544. The number of aryl methyl sites for hydroxylation is 3. The fourth-order valence-electron chi connectivity index (χ4n) is 2.43. The number of halogens is 1. The van der Waals surface area contributed by atoms with Crippen LogP contribution in [-0.4, -0.2) is 4.98 Å². The summed E-state index contributed by atoms with van der Waals surface area (Å²) in [5.74, 6) is 5.48. The molecule has 0 spiro atoms. The Morgan fingerprint density at radius 1 is 1.20 bits per heavy atom. The van der Waals surface area contributed by atoms with Gasteiger partial charge in [0.15, 0.2) is 0 Å². The Morgan fingerprint density at radius 2 is 1.95 bits per heavy atom. The zero-order chi connectivity index (χ0) is 14.7. The van der Waals surface area contributed by atoms with Gasteiger partial charge in [0, 0.05) is 11.4 Å². The first kappa shape index (κ1) is 14.6. The van der Waals surface area contributed by atoms with Crippen molar-refractivity contribution < 1.29 is 4.39 Å². The van der Waals surface area contributed by atoms with Crippen molar-refractivity contribution >= 4 is 0 Å². The minimum absolute atomic E-state index is 0.0349. The van der Waals surface area contributed by atoms with Crippen molar-refractivity contribution in [1.82, 2.24) is 10.4 Å². The third-order valence-corrected chi connectivity index (χ3v) is 3.57. The summed E-state index contributed by atoms with van der Waals surface area (Å²) >= 11 is 0. The molecule has 0 radical (unpaired) electrons. The van der Waals surface area contributed by atoms with Crippen molar-refractivity contribution in [2.45, 2.75) is 33.2 Å². The van der Waals surface area contributed by atoms with Crippen molar-refractivity contribution in [1.29, 1.82) is 0 Å². The predicted octanol–water partition coefficient (Wildman–Crippen LogP) is 2.89. The maximum atomic E-state index is 13.1. The summed E-state index contributed by atoms with van der Waals surface area (Å²) < 4.78 is 13.1. The van der Waals surface area contributed by atoms with Gasteiger partial charge in [-0.25, -0.2) is 4.39 Å². The average molecular weight is 273 g/mol. The van der Waals surface area contributed by atoms with Gasteiger partial charge in [0.1, 0.15) is 5.82 Å². The van der Waals surface area contributed by atoms with Crippen LogP contribution < -0.4 is 11.3 Å². The highest BCUT2D eigenvalue weighted by molar-refractivity contribution is 5.31. The van der Waals surface area contributed by atoms with Gasteiger partial charge >= 0.3 is 0 Å². The molecule has 20 heavy (non-hydrogen) atoms. The second-order valence-corrected chi connectivity index (χ2v) is 5.12. The molecule has 2 rings (SSSR count). The molecule has 3 N–H and O–H groups in total. The molecular formula is C16H20FN3. The van der Waals surface area contributed by atoms with Crippen molar-refractivity contribution in [2.75, 3.05) is 0 Å². The molecule has 0 amide bonds. The maximum Gasteiger partial charge on any atom is 0.123 e. The molecule has 0 saturated carbocycles. The molecule has 0 aliphatic rings. The van der Waals surface area contributed by atoms with E-state index in [1.54, 1.807) is 6.07 Å². The van der Waals surface area contributed by atoms with Crippen LogP contribution in [0.15, 0.2) is 30.3 Å². The Morgan fingerprint density at radius 3 is 2.55 bits per heavy atom. The number of nitrogens with one attached hydrogen (secondary N) is 1. The first-order valence-electron chi connectivity index (χ1n) is 6.66. The van der Waals surface area contributed by atoms with E-state index in [9.17, 15) is 4.39 Å². The molecule has 3 nitrogen and oxygen atoms in total. The lowest BCUT2D eigenvalue weighted by Crippen LogP contribution is -2.30. The number of hydrogen-bond donors (Lipinski definition) is 2. The van der Waals surface area contributed by atoms with Crippen LogP contribution in [-0.2, 0) is 6.42 Å². The molecule has 0 bridgehead atoms. The van der Waals surface area contributed by atoms with Crippen LogP contribution in [0.25, 0.3) is 0 Å². The molecule has 0 aliphatic heterocycles. The van der Waals surface area contributed by atoms with Gasteiger partial charge in [-0.3, -0.25) is 16.3 Å². The summed E-state index contributed by atoms with van der Waals surface area (Å²) in [4.78, 5) is 4.47. The Balaban J connectivity index is 2.28. The number of hydrogen-bond acceptors (Lipinski definition) is 3. The van der Waals surface area contributed by atoms with Crippen LogP contribution in [0, 0.1) is 26.6 Å². The molecule has 1 aromatic heterocycles. The Kier molecular flexibility index (Phi) is 4.47. The highest BCUT2D eigenvalue weighted by Crippen LogP contribution is 2.22. The first-order chi connectivity index (χ1) is 9.51. The summed E-state index contributed by atoms with van der Waals surface area (Å²) in [7, 11) is 0. The second-order valence-electron chi connectivity index (χ2n) is 5.12. The van der Waals surface area contributed by atoms with E-state index in [0.29, 0.717) is 6.42 Å².